The number of fused-ring (bicyclic) bond motifs is 1. The molecule has 0 radical (unpaired) electrons. The van der Waals surface area contributed by atoms with Crippen molar-refractivity contribution in [3.63, 3.8) is 0 Å². The van der Waals surface area contributed by atoms with Gasteiger partial charge in [0.05, 0.1) is 6.54 Å². The maximum Gasteiger partial charge on any atom is 0.313 e. The molecule has 1 aliphatic heterocycles. The van der Waals surface area contributed by atoms with Gasteiger partial charge in [0, 0.05) is 21.5 Å². The number of rotatable bonds is 5. The van der Waals surface area contributed by atoms with Crippen molar-refractivity contribution in [3.8, 4) is 11.5 Å². The molecular formula is C21H18N2O5S. The van der Waals surface area contributed by atoms with E-state index < -0.39 is 17.9 Å². The fraction of sp³-hybridized carbons (Fsp3) is 0.143. The number of aliphatic hydroxyl groups is 1. The lowest BCUT2D eigenvalue weighted by Gasteiger charge is -2.08. The Kier molecular flexibility index (Phi) is 5.46. The lowest BCUT2D eigenvalue weighted by atomic mass is 10.1. The van der Waals surface area contributed by atoms with Gasteiger partial charge in [-0.3, -0.25) is 9.59 Å². The summed E-state index contributed by atoms with van der Waals surface area (Å²) in [6.07, 6.45) is -0.722. The number of ether oxygens (including phenoxy) is 2. The van der Waals surface area contributed by atoms with E-state index in [0.29, 0.717) is 17.2 Å². The molecule has 8 heteroatoms. The van der Waals surface area contributed by atoms with E-state index in [1.807, 2.05) is 42.5 Å². The lowest BCUT2D eigenvalue weighted by Crippen LogP contribution is -2.34. The molecule has 4 rings (SSSR count). The molecule has 7 nitrogen and oxygen atoms in total. The van der Waals surface area contributed by atoms with Crippen molar-refractivity contribution in [3.05, 3.63) is 76.0 Å². The molecule has 3 N–H and O–H groups in total. The third-order valence-electron chi connectivity index (χ3n) is 4.33. The molecule has 0 unspecified atom stereocenters. The fourth-order valence-corrected chi connectivity index (χ4v) is 3.81. The zero-order valence-electron chi connectivity index (χ0n) is 15.3. The normalized spacial score (nSPS) is 13.0. The van der Waals surface area contributed by atoms with Gasteiger partial charge in [0.15, 0.2) is 11.5 Å². The number of hydrogen-bond donors (Lipinski definition) is 3. The monoisotopic (exact) mass is 410 g/mol. The van der Waals surface area contributed by atoms with Gasteiger partial charge in [-0.15, -0.1) is 11.3 Å². The highest BCUT2D eigenvalue weighted by Crippen LogP contribution is 2.34. The second-order valence-electron chi connectivity index (χ2n) is 6.32. The first-order chi connectivity index (χ1) is 14.1. The predicted molar refractivity (Wildman–Crippen MR) is 108 cm³/mol. The average molecular weight is 410 g/mol. The van der Waals surface area contributed by atoms with E-state index in [0.717, 1.165) is 15.3 Å². The third kappa shape index (κ3) is 4.39. The highest BCUT2D eigenvalue weighted by molar-refractivity contribution is 7.12. The van der Waals surface area contributed by atoms with Crippen LogP contribution in [0, 0.1) is 0 Å². The zero-order chi connectivity index (χ0) is 20.2. The van der Waals surface area contributed by atoms with Gasteiger partial charge in [-0.05, 0) is 29.8 Å². The molecule has 0 saturated heterocycles. The molecule has 29 heavy (non-hydrogen) atoms. The van der Waals surface area contributed by atoms with E-state index in [1.54, 1.807) is 18.2 Å². The molecule has 2 amide bonds. The van der Waals surface area contributed by atoms with Crippen LogP contribution in [0.5, 0.6) is 11.5 Å². The summed E-state index contributed by atoms with van der Waals surface area (Å²) in [5, 5.41) is 15.6. The minimum absolute atomic E-state index is 0.134. The van der Waals surface area contributed by atoms with Crippen molar-refractivity contribution >= 4 is 28.8 Å². The highest BCUT2D eigenvalue weighted by atomic mass is 32.1. The Bertz CT molecular complexity index is 1030. The van der Waals surface area contributed by atoms with Crippen LogP contribution in [0.3, 0.4) is 0 Å². The summed E-state index contributed by atoms with van der Waals surface area (Å²) in [7, 11) is 0. The van der Waals surface area contributed by atoms with Crippen molar-refractivity contribution in [2.24, 2.45) is 0 Å². The number of amides is 2. The van der Waals surface area contributed by atoms with Gasteiger partial charge in [-0.2, -0.15) is 0 Å². The molecule has 2 heterocycles. The minimum atomic E-state index is -0.773. The van der Waals surface area contributed by atoms with Crippen molar-refractivity contribution < 1.29 is 24.2 Å². The quantitative estimate of drug-likeness (QED) is 0.562. The van der Waals surface area contributed by atoms with Crippen LogP contribution >= 0.6 is 11.3 Å². The molecule has 1 aliphatic rings. The minimum Gasteiger partial charge on any atom is -0.454 e. The fourth-order valence-electron chi connectivity index (χ4n) is 2.85. The molecule has 0 fully saturated rings. The van der Waals surface area contributed by atoms with Crippen LogP contribution in [-0.2, 0) is 16.1 Å². The summed E-state index contributed by atoms with van der Waals surface area (Å²) in [6.45, 7) is 0.328. The number of hydrogen-bond acceptors (Lipinski definition) is 6. The number of carbonyl (C=O) groups excluding carboxylic acids is 2. The van der Waals surface area contributed by atoms with Gasteiger partial charge in [0.2, 0.25) is 6.79 Å². The Morgan fingerprint density at radius 3 is 2.62 bits per heavy atom. The number of carbonyl (C=O) groups is 2. The number of anilines is 1. The molecular weight excluding hydrogens is 392 g/mol. The second kappa shape index (κ2) is 8.34. The van der Waals surface area contributed by atoms with Gasteiger partial charge in [-0.25, -0.2) is 0 Å². The van der Waals surface area contributed by atoms with Crippen molar-refractivity contribution in [2.45, 2.75) is 12.6 Å². The summed E-state index contributed by atoms with van der Waals surface area (Å²) in [5.41, 5.74) is 1.24. The van der Waals surface area contributed by atoms with E-state index in [2.05, 4.69) is 10.6 Å². The first kappa shape index (κ1) is 19.0. The van der Waals surface area contributed by atoms with Crippen LogP contribution in [0.1, 0.15) is 21.4 Å². The van der Waals surface area contributed by atoms with Gasteiger partial charge >= 0.3 is 11.8 Å². The number of thiophene rings is 1. The molecule has 148 valence electrons. The topological polar surface area (TPSA) is 96.9 Å². The molecule has 1 aromatic heterocycles. The molecule has 0 bridgehead atoms. The van der Waals surface area contributed by atoms with E-state index >= 15 is 0 Å². The Balaban J connectivity index is 1.31. The molecule has 0 aliphatic carbocycles. The predicted octanol–water partition coefficient (Wildman–Crippen LogP) is 2.81. The van der Waals surface area contributed by atoms with Crippen LogP contribution in [0.15, 0.2) is 60.7 Å². The summed E-state index contributed by atoms with van der Waals surface area (Å²) in [5.74, 6) is -0.406. The number of nitrogens with one attached hydrogen (secondary N) is 2. The number of aliphatic hydroxyl groups excluding tert-OH is 1. The van der Waals surface area contributed by atoms with Crippen LogP contribution < -0.4 is 20.1 Å². The van der Waals surface area contributed by atoms with Gasteiger partial charge in [0.25, 0.3) is 0 Å². The SMILES string of the molecule is O=C(NCc1ccc([C@H](O)c2ccccc2)s1)C(=O)Nc1ccc2c(c1)OCO2. The first-order valence-electron chi connectivity index (χ1n) is 8.90. The maximum absolute atomic E-state index is 12.1. The van der Waals surface area contributed by atoms with E-state index in [-0.39, 0.29) is 13.3 Å². The molecule has 0 saturated carbocycles. The first-order valence-corrected chi connectivity index (χ1v) is 9.72. The van der Waals surface area contributed by atoms with E-state index in [1.165, 1.54) is 11.3 Å². The summed E-state index contributed by atoms with van der Waals surface area (Å²) in [6, 6.07) is 17.9. The molecule has 3 aromatic rings. The van der Waals surface area contributed by atoms with Crippen LogP contribution in [-0.4, -0.2) is 23.7 Å². The summed E-state index contributed by atoms with van der Waals surface area (Å²) in [4.78, 5) is 25.8. The van der Waals surface area contributed by atoms with E-state index in [4.69, 9.17) is 9.47 Å². The Hall–Kier alpha value is -3.36. The van der Waals surface area contributed by atoms with Crippen LogP contribution in [0.2, 0.25) is 0 Å². The third-order valence-corrected chi connectivity index (χ3v) is 5.46. The maximum atomic E-state index is 12.1. The summed E-state index contributed by atoms with van der Waals surface area (Å²) < 4.78 is 10.5. The smallest absolute Gasteiger partial charge is 0.313 e. The zero-order valence-corrected chi connectivity index (χ0v) is 16.1. The lowest BCUT2D eigenvalue weighted by molar-refractivity contribution is -0.136. The Morgan fingerprint density at radius 2 is 1.79 bits per heavy atom. The Morgan fingerprint density at radius 1 is 1.00 bits per heavy atom. The van der Waals surface area contributed by atoms with Crippen molar-refractivity contribution in [1.29, 1.82) is 0 Å². The van der Waals surface area contributed by atoms with Crippen LogP contribution in [0.4, 0.5) is 5.69 Å². The summed E-state index contributed by atoms with van der Waals surface area (Å²) >= 11 is 1.38. The average Bonchev–Trinajstić information content (AvgIpc) is 3.41. The van der Waals surface area contributed by atoms with Gasteiger partial charge in [-0.1, -0.05) is 30.3 Å². The highest BCUT2D eigenvalue weighted by Gasteiger charge is 2.18. The number of benzene rings is 2. The van der Waals surface area contributed by atoms with Crippen LogP contribution in [0.25, 0.3) is 0 Å². The van der Waals surface area contributed by atoms with Gasteiger partial charge in [0.1, 0.15) is 6.10 Å². The Labute approximate surface area is 170 Å². The largest absolute Gasteiger partial charge is 0.454 e. The van der Waals surface area contributed by atoms with Crippen molar-refractivity contribution in [1.82, 2.24) is 5.32 Å². The molecule has 0 spiro atoms. The van der Waals surface area contributed by atoms with Gasteiger partial charge < -0.3 is 25.2 Å². The van der Waals surface area contributed by atoms with E-state index in [9.17, 15) is 14.7 Å². The molecule has 1 atom stereocenters. The molecule has 2 aromatic carbocycles. The second-order valence-corrected chi connectivity index (χ2v) is 7.52. The van der Waals surface area contributed by atoms with Crippen molar-refractivity contribution in [2.75, 3.05) is 12.1 Å². The standard InChI is InChI=1S/C21H18N2O5S/c24-19(13-4-2-1-3-5-13)18-9-7-15(29-18)11-22-20(25)21(26)23-14-6-8-16-17(10-14)28-12-27-16/h1-10,19,24H,11-12H2,(H,22,25)(H,23,26)/t19-/m1/s1.